The fraction of sp³-hybridized carbons (Fsp3) is 0.200. The number of methoxy groups -OCH3 is 1. The van der Waals surface area contributed by atoms with Gasteiger partial charge in [-0.3, -0.25) is 4.79 Å². The molecule has 0 radical (unpaired) electrons. The number of carbonyl (C=O) groups is 2. The lowest BCUT2D eigenvalue weighted by molar-refractivity contribution is -0.114. The third-order valence-corrected chi connectivity index (χ3v) is 2.19. The summed E-state index contributed by atoms with van der Waals surface area (Å²) in [7, 11) is 1.29. The molecule has 1 aromatic rings. The van der Waals surface area contributed by atoms with E-state index in [-0.39, 0.29) is 5.91 Å². The summed E-state index contributed by atoms with van der Waals surface area (Å²) in [5.74, 6) is -0.720. The van der Waals surface area contributed by atoms with E-state index in [9.17, 15) is 9.59 Å². The number of ether oxygens (including phenoxy) is 1. The molecular weight excluding hydrogens is 262 g/mol. The molecule has 15 heavy (non-hydrogen) atoms. The molecule has 5 heteroatoms. The smallest absolute Gasteiger partial charge is 0.340 e. The molecule has 1 amide bonds. The lowest BCUT2D eigenvalue weighted by Crippen LogP contribution is -2.11. The standard InChI is InChI=1S/C10H10BrNO3/c1-6(13)12-9-4-3-7(11)5-8(9)10(14)15-2/h3-5H,1-2H3,(H,12,13). The first-order valence-electron chi connectivity index (χ1n) is 4.20. The van der Waals surface area contributed by atoms with Crippen LogP contribution in [0.4, 0.5) is 5.69 Å². The SMILES string of the molecule is COC(=O)c1cc(Br)ccc1NC(C)=O. The zero-order valence-corrected chi connectivity index (χ0v) is 9.92. The van der Waals surface area contributed by atoms with Gasteiger partial charge in [-0.05, 0) is 18.2 Å². The van der Waals surface area contributed by atoms with Crippen molar-refractivity contribution in [1.29, 1.82) is 0 Å². The third kappa shape index (κ3) is 3.06. The van der Waals surface area contributed by atoms with Gasteiger partial charge in [-0.15, -0.1) is 0 Å². The molecule has 0 saturated heterocycles. The molecule has 0 aliphatic rings. The van der Waals surface area contributed by atoms with Gasteiger partial charge >= 0.3 is 5.97 Å². The highest BCUT2D eigenvalue weighted by atomic mass is 79.9. The van der Waals surface area contributed by atoms with E-state index in [1.165, 1.54) is 14.0 Å². The van der Waals surface area contributed by atoms with E-state index >= 15 is 0 Å². The van der Waals surface area contributed by atoms with Crippen molar-refractivity contribution in [3.05, 3.63) is 28.2 Å². The second-order valence-corrected chi connectivity index (χ2v) is 3.78. The molecule has 0 aliphatic heterocycles. The Bertz CT molecular complexity index is 404. The molecule has 0 aromatic heterocycles. The molecule has 0 atom stereocenters. The minimum atomic E-state index is -0.486. The fourth-order valence-corrected chi connectivity index (χ4v) is 1.46. The zero-order valence-electron chi connectivity index (χ0n) is 8.33. The van der Waals surface area contributed by atoms with Crippen LogP contribution in [0.5, 0.6) is 0 Å². The Balaban J connectivity index is 3.14. The number of rotatable bonds is 2. The molecule has 4 nitrogen and oxygen atoms in total. The van der Waals surface area contributed by atoms with Gasteiger partial charge in [0.05, 0.1) is 18.4 Å². The van der Waals surface area contributed by atoms with Gasteiger partial charge in [0, 0.05) is 11.4 Å². The number of halogens is 1. The minimum Gasteiger partial charge on any atom is -0.465 e. The number of amides is 1. The van der Waals surface area contributed by atoms with Gasteiger partial charge in [-0.25, -0.2) is 4.79 Å². The van der Waals surface area contributed by atoms with Crippen LogP contribution in [0.15, 0.2) is 22.7 Å². The molecule has 0 unspecified atom stereocenters. The Morgan fingerprint density at radius 2 is 2.07 bits per heavy atom. The molecule has 80 valence electrons. The fourth-order valence-electron chi connectivity index (χ4n) is 1.09. The van der Waals surface area contributed by atoms with Crippen molar-refractivity contribution < 1.29 is 14.3 Å². The van der Waals surface area contributed by atoms with Gasteiger partial charge in [0.2, 0.25) is 5.91 Å². The summed E-state index contributed by atoms with van der Waals surface area (Å²) in [6, 6.07) is 4.96. The molecular formula is C10H10BrNO3. The van der Waals surface area contributed by atoms with Gasteiger partial charge in [0.1, 0.15) is 0 Å². The first-order chi connectivity index (χ1) is 7.04. The number of carbonyl (C=O) groups excluding carboxylic acids is 2. The maximum atomic E-state index is 11.4. The zero-order chi connectivity index (χ0) is 11.4. The van der Waals surface area contributed by atoms with Crippen LogP contribution in [0.2, 0.25) is 0 Å². The van der Waals surface area contributed by atoms with E-state index in [0.717, 1.165) is 4.47 Å². The van der Waals surface area contributed by atoms with E-state index in [1.807, 2.05) is 0 Å². The largest absolute Gasteiger partial charge is 0.465 e. The predicted molar refractivity (Wildman–Crippen MR) is 59.8 cm³/mol. The normalized spacial score (nSPS) is 9.53. The highest BCUT2D eigenvalue weighted by molar-refractivity contribution is 9.10. The summed E-state index contributed by atoms with van der Waals surface area (Å²) >= 11 is 3.24. The molecule has 0 saturated carbocycles. The quantitative estimate of drug-likeness (QED) is 0.839. The van der Waals surface area contributed by atoms with Gasteiger partial charge in [-0.2, -0.15) is 0 Å². The average molecular weight is 272 g/mol. The van der Waals surface area contributed by atoms with Crippen molar-refractivity contribution in [3.8, 4) is 0 Å². The second-order valence-electron chi connectivity index (χ2n) is 2.86. The third-order valence-electron chi connectivity index (χ3n) is 1.70. The summed E-state index contributed by atoms with van der Waals surface area (Å²) in [4.78, 5) is 22.3. The Hall–Kier alpha value is -1.36. The molecule has 0 spiro atoms. The Labute approximate surface area is 95.7 Å². The number of anilines is 1. The first-order valence-corrected chi connectivity index (χ1v) is 4.99. The van der Waals surface area contributed by atoms with E-state index in [0.29, 0.717) is 11.3 Å². The van der Waals surface area contributed by atoms with Crippen molar-refractivity contribution in [2.45, 2.75) is 6.92 Å². The van der Waals surface area contributed by atoms with Crippen LogP contribution in [0, 0.1) is 0 Å². The minimum absolute atomic E-state index is 0.234. The highest BCUT2D eigenvalue weighted by Gasteiger charge is 2.12. The van der Waals surface area contributed by atoms with Gasteiger partial charge < -0.3 is 10.1 Å². The van der Waals surface area contributed by atoms with Crippen LogP contribution < -0.4 is 5.32 Å². The van der Waals surface area contributed by atoms with Crippen molar-refractivity contribution >= 4 is 33.5 Å². The Morgan fingerprint density at radius 3 is 2.60 bits per heavy atom. The number of nitrogens with one attached hydrogen (secondary N) is 1. The van der Waals surface area contributed by atoms with Gasteiger partial charge in [0.25, 0.3) is 0 Å². The van der Waals surface area contributed by atoms with Crippen LogP contribution in [0.3, 0.4) is 0 Å². The lowest BCUT2D eigenvalue weighted by Gasteiger charge is -2.08. The molecule has 1 rings (SSSR count). The maximum Gasteiger partial charge on any atom is 0.340 e. The summed E-state index contributed by atoms with van der Waals surface area (Å²) < 4.78 is 5.35. The number of hydrogen-bond acceptors (Lipinski definition) is 3. The molecule has 1 N–H and O–H groups in total. The monoisotopic (exact) mass is 271 g/mol. The summed E-state index contributed by atoms with van der Waals surface area (Å²) in [6.07, 6.45) is 0. The van der Waals surface area contributed by atoms with E-state index in [1.54, 1.807) is 18.2 Å². The van der Waals surface area contributed by atoms with Crippen LogP contribution in [-0.2, 0) is 9.53 Å². The van der Waals surface area contributed by atoms with Crippen molar-refractivity contribution in [2.24, 2.45) is 0 Å². The van der Waals surface area contributed by atoms with E-state index < -0.39 is 5.97 Å². The number of benzene rings is 1. The summed E-state index contributed by atoms with van der Waals surface area (Å²) in [6.45, 7) is 1.38. The van der Waals surface area contributed by atoms with Crippen LogP contribution in [-0.4, -0.2) is 19.0 Å². The first kappa shape index (κ1) is 11.7. The van der Waals surface area contributed by atoms with Crippen LogP contribution >= 0.6 is 15.9 Å². The highest BCUT2D eigenvalue weighted by Crippen LogP contribution is 2.21. The predicted octanol–water partition coefficient (Wildman–Crippen LogP) is 2.19. The topological polar surface area (TPSA) is 55.4 Å². The lowest BCUT2D eigenvalue weighted by atomic mass is 10.2. The summed E-state index contributed by atoms with van der Waals surface area (Å²) in [5, 5.41) is 2.56. The molecule has 0 bridgehead atoms. The van der Waals surface area contributed by atoms with E-state index in [4.69, 9.17) is 0 Å². The molecule has 1 aromatic carbocycles. The van der Waals surface area contributed by atoms with Crippen molar-refractivity contribution in [2.75, 3.05) is 12.4 Å². The Kier molecular flexibility index (Phi) is 3.85. The Morgan fingerprint density at radius 1 is 1.40 bits per heavy atom. The number of esters is 1. The van der Waals surface area contributed by atoms with Crippen molar-refractivity contribution in [3.63, 3.8) is 0 Å². The van der Waals surface area contributed by atoms with E-state index in [2.05, 4.69) is 26.0 Å². The molecule has 0 aliphatic carbocycles. The van der Waals surface area contributed by atoms with Crippen LogP contribution in [0.25, 0.3) is 0 Å². The van der Waals surface area contributed by atoms with Crippen LogP contribution in [0.1, 0.15) is 17.3 Å². The van der Waals surface area contributed by atoms with Gasteiger partial charge in [0.15, 0.2) is 0 Å². The maximum absolute atomic E-state index is 11.4. The average Bonchev–Trinajstić information content (AvgIpc) is 2.19. The molecule has 0 fully saturated rings. The van der Waals surface area contributed by atoms with Crippen molar-refractivity contribution in [1.82, 2.24) is 0 Å². The molecule has 0 heterocycles. The second kappa shape index (κ2) is 4.93. The van der Waals surface area contributed by atoms with Gasteiger partial charge in [-0.1, -0.05) is 15.9 Å². The number of hydrogen-bond donors (Lipinski definition) is 1. The summed E-state index contributed by atoms with van der Waals surface area (Å²) in [5.41, 5.74) is 0.764.